The second kappa shape index (κ2) is 6.86. The number of para-hydroxylation sites is 1. The first-order valence-corrected chi connectivity index (χ1v) is 9.39. The predicted molar refractivity (Wildman–Crippen MR) is 99.7 cm³/mol. The molecule has 5 nitrogen and oxygen atoms in total. The molecule has 0 bridgehead atoms. The van der Waals surface area contributed by atoms with Gasteiger partial charge in [-0.15, -0.1) is 11.3 Å². The molecular formula is C17H18N4OS2. The zero-order valence-electron chi connectivity index (χ0n) is 13.7. The van der Waals surface area contributed by atoms with E-state index in [2.05, 4.69) is 36.1 Å². The third-order valence-corrected chi connectivity index (χ3v) is 4.94. The maximum Gasteiger partial charge on any atom is 0.236 e. The fourth-order valence-electron chi connectivity index (χ4n) is 2.07. The number of hydrogen-bond donors (Lipinski definition) is 1. The van der Waals surface area contributed by atoms with Crippen molar-refractivity contribution in [3.8, 4) is 0 Å². The summed E-state index contributed by atoms with van der Waals surface area (Å²) in [5, 5.41) is 7.04. The molecule has 0 aliphatic heterocycles. The predicted octanol–water partition coefficient (Wildman–Crippen LogP) is 4.11. The quantitative estimate of drug-likeness (QED) is 0.561. The molecule has 1 aromatic carbocycles. The number of nitrogens with zero attached hydrogens (tertiary/aromatic N) is 3. The first kappa shape index (κ1) is 16.9. The number of anilines is 1. The molecule has 7 heteroatoms. The van der Waals surface area contributed by atoms with E-state index in [9.17, 15) is 4.79 Å². The van der Waals surface area contributed by atoms with Crippen LogP contribution in [0.3, 0.4) is 0 Å². The Bertz CT molecular complexity index is 857. The number of carbonyl (C=O) groups excluding carboxylic acids is 1. The monoisotopic (exact) mass is 358 g/mol. The molecule has 0 radical (unpaired) electrons. The highest BCUT2D eigenvalue weighted by molar-refractivity contribution is 8.00. The van der Waals surface area contributed by atoms with Gasteiger partial charge in [0.1, 0.15) is 10.9 Å². The lowest BCUT2D eigenvalue weighted by molar-refractivity contribution is -0.113. The molecular weight excluding hydrogens is 340 g/mol. The number of nitrogens with one attached hydrogen (secondary N) is 1. The van der Waals surface area contributed by atoms with Crippen LogP contribution in [0, 0.1) is 0 Å². The van der Waals surface area contributed by atoms with Crippen LogP contribution in [-0.2, 0) is 10.2 Å². The van der Waals surface area contributed by atoms with Crippen LogP contribution in [0.15, 0.2) is 40.9 Å². The van der Waals surface area contributed by atoms with E-state index in [4.69, 9.17) is 4.98 Å². The second-order valence-electron chi connectivity index (χ2n) is 6.29. The molecule has 3 rings (SSSR count). The molecule has 0 atom stereocenters. The highest BCUT2D eigenvalue weighted by Crippen LogP contribution is 2.29. The summed E-state index contributed by atoms with van der Waals surface area (Å²) < 4.78 is 0. The zero-order chi connectivity index (χ0) is 17.2. The lowest BCUT2D eigenvalue weighted by atomic mass is 9.95. The van der Waals surface area contributed by atoms with E-state index in [1.807, 2.05) is 29.6 Å². The average molecular weight is 358 g/mol. The van der Waals surface area contributed by atoms with Crippen LogP contribution in [0.5, 0.6) is 0 Å². The summed E-state index contributed by atoms with van der Waals surface area (Å²) in [4.78, 5) is 25.5. The maximum absolute atomic E-state index is 12.1. The summed E-state index contributed by atoms with van der Waals surface area (Å²) in [6.07, 6.45) is 1.67. The van der Waals surface area contributed by atoms with Crippen molar-refractivity contribution < 1.29 is 4.79 Å². The van der Waals surface area contributed by atoms with Crippen LogP contribution >= 0.6 is 23.1 Å². The molecule has 0 aliphatic carbocycles. The van der Waals surface area contributed by atoms with Gasteiger partial charge in [-0.1, -0.05) is 50.7 Å². The van der Waals surface area contributed by atoms with Gasteiger partial charge in [-0.25, -0.2) is 15.0 Å². The third kappa shape index (κ3) is 3.91. The number of fused-ring (bicyclic) bond motifs is 1. The average Bonchev–Trinajstić information content (AvgIpc) is 3.04. The van der Waals surface area contributed by atoms with E-state index in [-0.39, 0.29) is 17.1 Å². The van der Waals surface area contributed by atoms with Crippen LogP contribution in [0.25, 0.3) is 10.9 Å². The molecule has 2 aromatic heterocycles. The molecule has 124 valence electrons. The lowest BCUT2D eigenvalue weighted by Gasteiger charge is -2.18. The van der Waals surface area contributed by atoms with E-state index >= 15 is 0 Å². The van der Waals surface area contributed by atoms with E-state index in [0.717, 1.165) is 21.8 Å². The number of carbonyl (C=O) groups is 1. The summed E-state index contributed by atoms with van der Waals surface area (Å²) in [6.45, 7) is 6.25. The lowest BCUT2D eigenvalue weighted by Crippen LogP contribution is -2.17. The summed E-state index contributed by atoms with van der Waals surface area (Å²) in [5.41, 5.74) is 0.753. The van der Waals surface area contributed by atoms with Gasteiger partial charge >= 0.3 is 0 Å². The van der Waals surface area contributed by atoms with E-state index < -0.39 is 0 Å². The standard InChI is InChI=1S/C17H18N4OS2/c1-17(2,3)15-19-12-7-5-4-6-11(12)14(21-15)24-10-13(22)20-16-18-8-9-23-16/h4-9H,10H2,1-3H3,(H,18,20,22). The van der Waals surface area contributed by atoms with Gasteiger partial charge in [-0.3, -0.25) is 4.79 Å². The number of thiazole rings is 1. The van der Waals surface area contributed by atoms with E-state index in [1.165, 1.54) is 23.1 Å². The van der Waals surface area contributed by atoms with Crippen LogP contribution < -0.4 is 5.32 Å². The van der Waals surface area contributed by atoms with Gasteiger partial charge in [0.2, 0.25) is 5.91 Å². The van der Waals surface area contributed by atoms with Crippen LogP contribution in [0.4, 0.5) is 5.13 Å². The minimum atomic E-state index is -0.150. The number of rotatable bonds is 4. The van der Waals surface area contributed by atoms with Crippen LogP contribution in [0.2, 0.25) is 0 Å². The van der Waals surface area contributed by atoms with Crippen molar-refractivity contribution in [1.29, 1.82) is 0 Å². The van der Waals surface area contributed by atoms with Gasteiger partial charge in [0.05, 0.1) is 11.3 Å². The maximum atomic E-state index is 12.1. The number of benzene rings is 1. The molecule has 0 unspecified atom stereocenters. The van der Waals surface area contributed by atoms with Gasteiger partial charge in [0.25, 0.3) is 0 Å². The molecule has 1 amide bonds. The largest absolute Gasteiger partial charge is 0.301 e. The smallest absolute Gasteiger partial charge is 0.236 e. The molecule has 1 N–H and O–H groups in total. The molecule has 24 heavy (non-hydrogen) atoms. The number of amides is 1. The normalized spacial score (nSPS) is 11.6. The Hall–Kier alpha value is -1.99. The Morgan fingerprint density at radius 1 is 1.25 bits per heavy atom. The Balaban J connectivity index is 1.83. The topological polar surface area (TPSA) is 67.8 Å². The highest BCUT2D eigenvalue weighted by atomic mass is 32.2. The van der Waals surface area contributed by atoms with Crippen molar-refractivity contribution in [2.45, 2.75) is 31.2 Å². The van der Waals surface area contributed by atoms with Crippen molar-refractivity contribution in [1.82, 2.24) is 15.0 Å². The first-order valence-electron chi connectivity index (χ1n) is 7.53. The summed E-state index contributed by atoms with van der Waals surface area (Å²) >= 11 is 2.83. The molecule has 0 saturated heterocycles. The molecule has 0 aliphatic rings. The SMILES string of the molecule is CC(C)(C)c1nc(SCC(=O)Nc2nccs2)c2ccccc2n1. The number of thioether (sulfide) groups is 1. The fourth-order valence-corrected chi connectivity index (χ4v) is 3.43. The molecule has 0 saturated carbocycles. The Kier molecular flexibility index (Phi) is 4.82. The van der Waals surface area contributed by atoms with Crippen LogP contribution in [-0.4, -0.2) is 26.6 Å². The molecule has 0 spiro atoms. The Morgan fingerprint density at radius 3 is 2.75 bits per heavy atom. The van der Waals surface area contributed by atoms with Gasteiger partial charge in [-0.05, 0) is 6.07 Å². The minimum Gasteiger partial charge on any atom is -0.301 e. The van der Waals surface area contributed by atoms with E-state index in [1.54, 1.807) is 6.20 Å². The van der Waals surface area contributed by atoms with Gasteiger partial charge in [0.15, 0.2) is 5.13 Å². The number of hydrogen-bond acceptors (Lipinski definition) is 6. The fraction of sp³-hybridized carbons (Fsp3) is 0.294. The summed E-state index contributed by atoms with van der Waals surface area (Å²) in [5.74, 6) is 0.975. The summed E-state index contributed by atoms with van der Waals surface area (Å²) in [6, 6.07) is 7.89. The Morgan fingerprint density at radius 2 is 2.04 bits per heavy atom. The van der Waals surface area contributed by atoms with Gasteiger partial charge in [0, 0.05) is 22.4 Å². The van der Waals surface area contributed by atoms with Crippen molar-refractivity contribution >= 4 is 45.0 Å². The van der Waals surface area contributed by atoms with E-state index in [0.29, 0.717) is 5.13 Å². The highest BCUT2D eigenvalue weighted by Gasteiger charge is 2.20. The van der Waals surface area contributed by atoms with Crippen molar-refractivity contribution in [2.24, 2.45) is 0 Å². The number of aromatic nitrogens is 3. The van der Waals surface area contributed by atoms with Crippen molar-refractivity contribution in [2.75, 3.05) is 11.1 Å². The molecule has 0 fully saturated rings. The van der Waals surface area contributed by atoms with Gasteiger partial charge in [-0.2, -0.15) is 0 Å². The summed E-state index contributed by atoms with van der Waals surface area (Å²) in [7, 11) is 0. The van der Waals surface area contributed by atoms with Crippen LogP contribution in [0.1, 0.15) is 26.6 Å². The minimum absolute atomic E-state index is 0.0880. The first-order chi connectivity index (χ1) is 11.4. The zero-order valence-corrected chi connectivity index (χ0v) is 15.4. The van der Waals surface area contributed by atoms with Crippen molar-refractivity contribution in [3.05, 3.63) is 41.7 Å². The molecule has 2 heterocycles. The Labute approximate surface area is 148 Å². The molecule has 3 aromatic rings. The third-order valence-electron chi connectivity index (χ3n) is 3.26. The second-order valence-corrected chi connectivity index (χ2v) is 8.15. The van der Waals surface area contributed by atoms with Gasteiger partial charge < -0.3 is 5.32 Å². The van der Waals surface area contributed by atoms with Crippen molar-refractivity contribution in [3.63, 3.8) is 0 Å².